The fraction of sp³-hybridized carbons (Fsp3) is 0.333. The summed E-state index contributed by atoms with van der Waals surface area (Å²) in [7, 11) is -3.75. The van der Waals surface area contributed by atoms with Gasteiger partial charge in [-0.3, -0.25) is 0 Å². The van der Waals surface area contributed by atoms with Crippen LogP contribution < -0.4 is 15.4 Å². The molecule has 25 heavy (non-hydrogen) atoms. The second-order valence-corrected chi connectivity index (χ2v) is 7.73. The highest BCUT2D eigenvalue weighted by atomic mass is 35.5. The molecule has 0 aliphatic carbocycles. The maximum absolute atomic E-state index is 12.3. The first-order valence-electron chi connectivity index (χ1n) is 7.60. The van der Waals surface area contributed by atoms with E-state index < -0.39 is 10.0 Å². The van der Waals surface area contributed by atoms with Crippen molar-refractivity contribution < 1.29 is 8.42 Å². The van der Waals surface area contributed by atoms with E-state index in [1.165, 1.54) is 18.2 Å². The van der Waals surface area contributed by atoms with Crippen LogP contribution in [0.1, 0.15) is 12.6 Å². The van der Waals surface area contributed by atoms with Crippen LogP contribution in [0, 0.1) is 6.92 Å². The fourth-order valence-corrected chi connectivity index (χ4v) is 3.83. The number of sulfonamides is 1. The predicted octanol–water partition coefficient (Wildman–Crippen LogP) is 2.91. The summed E-state index contributed by atoms with van der Waals surface area (Å²) in [4.78, 5) is 8.50. The van der Waals surface area contributed by atoms with Gasteiger partial charge in [-0.05, 0) is 32.0 Å². The molecular weight excluding hydrogens is 385 g/mol. The Hall–Kier alpha value is -1.61. The van der Waals surface area contributed by atoms with Gasteiger partial charge in [0, 0.05) is 36.4 Å². The Morgan fingerprint density at radius 3 is 2.56 bits per heavy atom. The second kappa shape index (κ2) is 8.66. The van der Waals surface area contributed by atoms with Gasteiger partial charge in [0.25, 0.3) is 0 Å². The quantitative estimate of drug-likeness (QED) is 0.586. The van der Waals surface area contributed by atoms with Crippen molar-refractivity contribution in [2.75, 3.05) is 30.3 Å². The maximum Gasteiger partial charge on any atom is 0.242 e. The van der Waals surface area contributed by atoms with Crippen LogP contribution in [0.5, 0.6) is 0 Å². The smallest absolute Gasteiger partial charge is 0.242 e. The molecular formula is C15H19Cl2N5O2S. The molecule has 1 aromatic heterocycles. The number of hydrogen-bond donors (Lipinski definition) is 3. The van der Waals surface area contributed by atoms with E-state index in [4.69, 9.17) is 23.2 Å². The first-order chi connectivity index (χ1) is 11.8. The normalized spacial score (nSPS) is 11.4. The fourth-order valence-electron chi connectivity index (χ4n) is 2.04. The lowest BCUT2D eigenvalue weighted by Gasteiger charge is -2.11. The minimum absolute atomic E-state index is 0.0529. The topological polar surface area (TPSA) is 96.0 Å². The van der Waals surface area contributed by atoms with E-state index in [1.807, 2.05) is 19.9 Å². The van der Waals surface area contributed by atoms with Gasteiger partial charge in [0.05, 0.1) is 5.02 Å². The Kier molecular flexibility index (Phi) is 6.83. The molecule has 0 aliphatic heterocycles. The number of aromatic nitrogens is 2. The van der Waals surface area contributed by atoms with E-state index >= 15 is 0 Å². The summed E-state index contributed by atoms with van der Waals surface area (Å²) in [5, 5.41) is 6.50. The van der Waals surface area contributed by atoms with Crippen molar-refractivity contribution in [3.63, 3.8) is 0 Å². The minimum atomic E-state index is -3.75. The van der Waals surface area contributed by atoms with Gasteiger partial charge in [-0.25, -0.2) is 18.1 Å². The Bertz CT molecular complexity index is 846. The van der Waals surface area contributed by atoms with Crippen molar-refractivity contribution >= 4 is 45.0 Å². The lowest BCUT2D eigenvalue weighted by atomic mass is 10.4. The largest absolute Gasteiger partial charge is 0.370 e. The standard InChI is InChI=1S/C15H19Cl2N5O2S/c1-3-18-14-8-10(2)21-15(22-14)19-6-7-20-25(23,24)13-9-11(16)4-5-12(13)17/h4-5,8-9,20H,3,6-7H2,1-2H3,(H2,18,19,21,22). The van der Waals surface area contributed by atoms with Gasteiger partial charge in [-0.1, -0.05) is 23.2 Å². The Morgan fingerprint density at radius 2 is 1.84 bits per heavy atom. The predicted molar refractivity (Wildman–Crippen MR) is 101 cm³/mol. The highest BCUT2D eigenvalue weighted by Crippen LogP contribution is 2.24. The van der Waals surface area contributed by atoms with E-state index in [2.05, 4.69) is 25.3 Å². The SMILES string of the molecule is CCNc1cc(C)nc(NCCNS(=O)(=O)c2cc(Cl)ccc2Cl)n1. The third-order valence-electron chi connectivity index (χ3n) is 3.10. The molecule has 0 saturated carbocycles. The third kappa shape index (κ3) is 5.71. The molecule has 2 rings (SSSR count). The van der Waals surface area contributed by atoms with Crippen LogP contribution in [0.4, 0.5) is 11.8 Å². The monoisotopic (exact) mass is 403 g/mol. The molecule has 0 spiro atoms. The molecule has 0 saturated heterocycles. The van der Waals surface area contributed by atoms with Crippen LogP contribution in [0.2, 0.25) is 10.0 Å². The molecule has 0 unspecified atom stereocenters. The van der Waals surface area contributed by atoms with Crippen molar-refractivity contribution in [1.29, 1.82) is 0 Å². The molecule has 0 aliphatic rings. The van der Waals surface area contributed by atoms with E-state index in [1.54, 1.807) is 0 Å². The van der Waals surface area contributed by atoms with E-state index in [-0.39, 0.29) is 16.5 Å². The number of rotatable bonds is 8. The van der Waals surface area contributed by atoms with Crippen LogP contribution in [-0.2, 0) is 10.0 Å². The lowest BCUT2D eigenvalue weighted by molar-refractivity contribution is 0.583. The molecule has 0 fully saturated rings. The summed E-state index contributed by atoms with van der Waals surface area (Å²) in [6.07, 6.45) is 0. The van der Waals surface area contributed by atoms with Crippen molar-refractivity contribution in [2.24, 2.45) is 0 Å². The molecule has 10 heteroatoms. The van der Waals surface area contributed by atoms with Crippen molar-refractivity contribution in [3.05, 3.63) is 40.0 Å². The lowest BCUT2D eigenvalue weighted by Crippen LogP contribution is -2.29. The summed E-state index contributed by atoms with van der Waals surface area (Å²) in [6.45, 7) is 5.03. The molecule has 0 amide bonds. The van der Waals surface area contributed by atoms with Gasteiger partial charge in [-0.15, -0.1) is 0 Å². The molecule has 1 aromatic carbocycles. The van der Waals surface area contributed by atoms with E-state index in [0.717, 1.165) is 12.2 Å². The molecule has 0 atom stereocenters. The number of nitrogens with zero attached hydrogens (tertiary/aromatic N) is 2. The number of hydrogen-bond acceptors (Lipinski definition) is 6. The highest BCUT2D eigenvalue weighted by Gasteiger charge is 2.17. The Morgan fingerprint density at radius 1 is 1.08 bits per heavy atom. The van der Waals surface area contributed by atoms with Gasteiger partial charge >= 0.3 is 0 Å². The molecule has 0 radical (unpaired) electrons. The maximum atomic E-state index is 12.3. The Balaban J connectivity index is 1.95. The first kappa shape index (κ1) is 19.7. The number of benzene rings is 1. The van der Waals surface area contributed by atoms with Gasteiger partial charge in [-0.2, -0.15) is 4.98 Å². The Labute approximate surface area is 157 Å². The van der Waals surface area contributed by atoms with Crippen LogP contribution in [-0.4, -0.2) is 38.0 Å². The molecule has 3 N–H and O–H groups in total. The third-order valence-corrected chi connectivity index (χ3v) is 5.27. The van der Waals surface area contributed by atoms with Crippen molar-refractivity contribution in [2.45, 2.75) is 18.7 Å². The second-order valence-electron chi connectivity index (χ2n) is 5.15. The molecule has 2 aromatic rings. The molecule has 0 bridgehead atoms. The summed E-state index contributed by atoms with van der Waals surface area (Å²) in [5.74, 6) is 1.14. The van der Waals surface area contributed by atoms with E-state index in [9.17, 15) is 8.42 Å². The summed E-state index contributed by atoms with van der Waals surface area (Å²) in [5.41, 5.74) is 0.805. The highest BCUT2D eigenvalue weighted by molar-refractivity contribution is 7.89. The minimum Gasteiger partial charge on any atom is -0.370 e. The summed E-state index contributed by atoms with van der Waals surface area (Å²) < 4.78 is 27.0. The molecule has 1 heterocycles. The van der Waals surface area contributed by atoms with E-state index in [0.29, 0.717) is 23.3 Å². The zero-order valence-electron chi connectivity index (χ0n) is 13.8. The average molecular weight is 404 g/mol. The van der Waals surface area contributed by atoms with Gasteiger partial charge < -0.3 is 10.6 Å². The zero-order valence-corrected chi connectivity index (χ0v) is 16.1. The van der Waals surface area contributed by atoms with Gasteiger partial charge in [0.2, 0.25) is 16.0 Å². The van der Waals surface area contributed by atoms with Crippen LogP contribution in [0.3, 0.4) is 0 Å². The molecule has 7 nitrogen and oxygen atoms in total. The number of halogens is 2. The van der Waals surface area contributed by atoms with Crippen LogP contribution >= 0.6 is 23.2 Å². The summed E-state index contributed by atoms with van der Waals surface area (Å²) >= 11 is 11.8. The zero-order chi connectivity index (χ0) is 18.4. The average Bonchev–Trinajstić information content (AvgIpc) is 2.54. The van der Waals surface area contributed by atoms with Gasteiger partial charge in [0.1, 0.15) is 10.7 Å². The first-order valence-corrected chi connectivity index (χ1v) is 9.84. The summed E-state index contributed by atoms with van der Waals surface area (Å²) in [6, 6.07) is 6.12. The number of aryl methyl sites for hydroxylation is 1. The van der Waals surface area contributed by atoms with Crippen molar-refractivity contribution in [3.8, 4) is 0 Å². The number of anilines is 2. The van der Waals surface area contributed by atoms with Gasteiger partial charge in [0.15, 0.2) is 0 Å². The number of nitrogens with one attached hydrogen (secondary N) is 3. The van der Waals surface area contributed by atoms with Crippen molar-refractivity contribution in [1.82, 2.24) is 14.7 Å². The van der Waals surface area contributed by atoms with Crippen LogP contribution in [0.15, 0.2) is 29.2 Å². The molecule has 136 valence electrons. The van der Waals surface area contributed by atoms with Crippen LogP contribution in [0.25, 0.3) is 0 Å².